The Morgan fingerprint density at radius 2 is 1.86 bits per heavy atom. The number of hydrogen-bond acceptors (Lipinski definition) is 3. The Labute approximate surface area is 170 Å². The molecule has 0 saturated heterocycles. The van der Waals surface area contributed by atoms with E-state index in [2.05, 4.69) is 30.7 Å². The molecule has 3 N–H and O–H groups in total. The zero-order chi connectivity index (χ0) is 20.8. The van der Waals surface area contributed by atoms with Crippen molar-refractivity contribution >= 4 is 22.8 Å². The van der Waals surface area contributed by atoms with Crippen LogP contribution < -0.4 is 5.73 Å². The fourth-order valence-electron chi connectivity index (χ4n) is 4.18. The van der Waals surface area contributed by atoms with Crippen LogP contribution in [0, 0.1) is 5.41 Å². The Balaban J connectivity index is 1.72. The first-order valence-electron chi connectivity index (χ1n) is 9.90. The van der Waals surface area contributed by atoms with Crippen LogP contribution in [0.1, 0.15) is 52.6 Å². The number of H-pyrrole nitrogens is 1. The summed E-state index contributed by atoms with van der Waals surface area (Å²) in [4.78, 5) is 34.5. The molecule has 29 heavy (non-hydrogen) atoms. The van der Waals surface area contributed by atoms with E-state index in [1.54, 1.807) is 12.4 Å². The third kappa shape index (κ3) is 3.62. The van der Waals surface area contributed by atoms with E-state index >= 15 is 0 Å². The molecule has 2 aromatic carbocycles. The summed E-state index contributed by atoms with van der Waals surface area (Å²) in [6.45, 7) is 7.08. The van der Waals surface area contributed by atoms with Crippen LogP contribution >= 0.6 is 0 Å². The normalized spacial score (nSPS) is 17.1. The summed E-state index contributed by atoms with van der Waals surface area (Å²) in [5.41, 5.74) is 10.5. The topological polar surface area (TPSA) is 92.1 Å². The lowest BCUT2D eigenvalue weighted by molar-refractivity contribution is 0.0532. The number of aromatic nitrogens is 2. The zero-order valence-corrected chi connectivity index (χ0v) is 17.0. The minimum atomic E-state index is -0.426. The van der Waals surface area contributed by atoms with Crippen molar-refractivity contribution < 1.29 is 9.59 Å². The molecule has 0 saturated carbocycles. The molecular formula is C23H26N4O2. The molecule has 0 aliphatic carbocycles. The molecule has 0 bridgehead atoms. The summed E-state index contributed by atoms with van der Waals surface area (Å²) in [5.74, 6) is -0.408. The first-order valence-corrected chi connectivity index (χ1v) is 9.90. The highest BCUT2D eigenvalue weighted by atomic mass is 16.2. The van der Waals surface area contributed by atoms with Crippen LogP contribution in [-0.2, 0) is 12.8 Å². The molecule has 6 heteroatoms. The first kappa shape index (κ1) is 19.2. The number of benzene rings is 2. The molecule has 2 heterocycles. The van der Waals surface area contributed by atoms with Crippen LogP contribution in [-0.4, -0.2) is 39.3 Å². The van der Waals surface area contributed by atoms with Gasteiger partial charge in [-0.05, 0) is 59.7 Å². The number of carbonyl (C=O) groups is 2. The average Bonchev–Trinajstić information content (AvgIpc) is 3.05. The Bertz CT molecular complexity index is 1090. The third-order valence-electron chi connectivity index (χ3n) is 5.83. The number of nitrogens with zero attached hydrogens (tertiary/aromatic N) is 2. The Morgan fingerprint density at radius 3 is 2.59 bits per heavy atom. The first-order chi connectivity index (χ1) is 13.7. The second kappa shape index (κ2) is 7.03. The predicted octanol–water partition coefficient (Wildman–Crippen LogP) is 3.32. The van der Waals surface area contributed by atoms with Crippen LogP contribution in [0.4, 0.5) is 0 Å². The van der Waals surface area contributed by atoms with Gasteiger partial charge in [0.25, 0.3) is 5.91 Å². The molecular weight excluding hydrogens is 364 g/mol. The third-order valence-corrected chi connectivity index (χ3v) is 5.83. The van der Waals surface area contributed by atoms with Gasteiger partial charge in [-0.3, -0.25) is 9.59 Å². The van der Waals surface area contributed by atoms with E-state index in [1.807, 2.05) is 35.2 Å². The van der Waals surface area contributed by atoms with Gasteiger partial charge in [0.15, 0.2) is 0 Å². The molecule has 0 fully saturated rings. The van der Waals surface area contributed by atoms with E-state index in [1.165, 1.54) is 5.56 Å². The van der Waals surface area contributed by atoms with Gasteiger partial charge in [-0.15, -0.1) is 0 Å². The summed E-state index contributed by atoms with van der Waals surface area (Å²) in [6.07, 6.45) is 3.08. The van der Waals surface area contributed by atoms with Crippen molar-refractivity contribution in [3.05, 3.63) is 65.0 Å². The van der Waals surface area contributed by atoms with Gasteiger partial charge in [0.05, 0.1) is 17.4 Å². The second-order valence-corrected chi connectivity index (χ2v) is 8.82. The number of nitrogens with one attached hydrogen (secondary N) is 1. The maximum absolute atomic E-state index is 13.5. The van der Waals surface area contributed by atoms with E-state index in [-0.39, 0.29) is 17.4 Å². The van der Waals surface area contributed by atoms with Gasteiger partial charge in [0.1, 0.15) is 0 Å². The number of primary amides is 1. The van der Waals surface area contributed by atoms with E-state index in [0.29, 0.717) is 24.1 Å². The number of rotatable bonds is 2. The van der Waals surface area contributed by atoms with E-state index < -0.39 is 5.91 Å². The number of hydrogen-bond donors (Lipinski definition) is 2. The fourth-order valence-corrected chi connectivity index (χ4v) is 4.18. The van der Waals surface area contributed by atoms with Crippen molar-refractivity contribution in [1.29, 1.82) is 0 Å². The summed E-state index contributed by atoms with van der Waals surface area (Å²) < 4.78 is 0. The van der Waals surface area contributed by atoms with Gasteiger partial charge in [0, 0.05) is 23.7 Å². The predicted molar refractivity (Wildman–Crippen MR) is 113 cm³/mol. The lowest BCUT2D eigenvalue weighted by Gasteiger charge is -2.39. The highest BCUT2D eigenvalue weighted by Crippen LogP contribution is 2.33. The highest BCUT2D eigenvalue weighted by molar-refractivity contribution is 5.97. The van der Waals surface area contributed by atoms with Crippen molar-refractivity contribution in [2.24, 2.45) is 11.1 Å². The van der Waals surface area contributed by atoms with Crippen molar-refractivity contribution in [1.82, 2.24) is 14.9 Å². The van der Waals surface area contributed by atoms with Crippen molar-refractivity contribution in [3.63, 3.8) is 0 Å². The zero-order valence-electron chi connectivity index (χ0n) is 17.0. The fraction of sp³-hybridized carbons (Fsp3) is 0.348. The standard InChI is InChI=1S/C23H26N4O2/c1-23(2,3)20-12-17-10-15(21(24)28)5-4-14(17)8-9-27(20)22(29)16-6-7-18-19(11-16)26-13-25-18/h4-7,10-11,13,20H,8-9,12H2,1-3H3,(H2,24,28)(H,25,26). The number of fused-ring (bicyclic) bond motifs is 2. The van der Waals surface area contributed by atoms with Gasteiger partial charge in [0.2, 0.25) is 5.91 Å². The van der Waals surface area contributed by atoms with Gasteiger partial charge in [-0.25, -0.2) is 4.98 Å². The Morgan fingerprint density at radius 1 is 1.10 bits per heavy atom. The Kier molecular flexibility index (Phi) is 4.65. The van der Waals surface area contributed by atoms with Crippen molar-refractivity contribution in [3.8, 4) is 0 Å². The molecule has 1 aromatic heterocycles. The molecule has 0 spiro atoms. The lowest BCUT2D eigenvalue weighted by atomic mass is 9.81. The molecule has 1 unspecified atom stereocenters. The molecule has 1 atom stereocenters. The molecule has 4 rings (SSSR count). The monoisotopic (exact) mass is 390 g/mol. The molecule has 150 valence electrons. The highest BCUT2D eigenvalue weighted by Gasteiger charge is 2.36. The summed E-state index contributed by atoms with van der Waals surface area (Å²) >= 11 is 0. The summed E-state index contributed by atoms with van der Waals surface area (Å²) in [6, 6.07) is 11.2. The van der Waals surface area contributed by atoms with Gasteiger partial charge in [-0.1, -0.05) is 26.8 Å². The molecule has 1 aliphatic rings. The maximum atomic E-state index is 13.5. The maximum Gasteiger partial charge on any atom is 0.254 e. The second-order valence-electron chi connectivity index (χ2n) is 8.82. The van der Waals surface area contributed by atoms with Crippen LogP contribution in [0.25, 0.3) is 11.0 Å². The van der Waals surface area contributed by atoms with Crippen LogP contribution in [0.5, 0.6) is 0 Å². The largest absolute Gasteiger partial charge is 0.366 e. The van der Waals surface area contributed by atoms with Crippen molar-refractivity contribution in [2.45, 2.75) is 39.7 Å². The van der Waals surface area contributed by atoms with Gasteiger partial charge < -0.3 is 15.6 Å². The number of aromatic amines is 1. The number of carbonyl (C=O) groups excluding carboxylic acids is 2. The lowest BCUT2D eigenvalue weighted by Crippen LogP contribution is -2.48. The molecule has 6 nitrogen and oxygen atoms in total. The Hall–Kier alpha value is -3.15. The van der Waals surface area contributed by atoms with Crippen molar-refractivity contribution in [2.75, 3.05) is 6.54 Å². The van der Waals surface area contributed by atoms with Gasteiger partial charge in [-0.2, -0.15) is 0 Å². The van der Waals surface area contributed by atoms with E-state index in [9.17, 15) is 9.59 Å². The van der Waals surface area contributed by atoms with Crippen LogP contribution in [0.3, 0.4) is 0 Å². The smallest absolute Gasteiger partial charge is 0.254 e. The van der Waals surface area contributed by atoms with E-state index in [4.69, 9.17) is 5.73 Å². The summed E-state index contributed by atoms with van der Waals surface area (Å²) in [5, 5.41) is 0. The number of imidazole rings is 1. The van der Waals surface area contributed by atoms with Crippen LogP contribution in [0.15, 0.2) is 42.7 Å². The van der Waals surface area contributed by atoms with E-state index in [0.717, 1.165) is 23.0 Å². The number of amides is 2. The van der Waals surface area contributed by atoms with Gasteiger partial charge >= 0.3 is 0 Å². The minimum absolute atomic E-state index is 0.00293. The molecule has 3 aromatic rings. The molecule has 1 aliphatic heterocycles. The summed E-state index contributed by atoms with van der Waals surface area (Å²) in [7, 11) is 0. The quantitative estimate of drug-likeness (QED) is 0.703. The number of nitrogens with two attached hydrogens (primary N) is 1. The minimum Gasteiger partial charge on any atom is -0.366 e. The molecule has 2 amide bonds. The SMILES string of the molecule is CC(C)(C)C1Cc2cc(C(N)=O)ccc2CCN1C(=O)c1ccc2nc[nH]c2c1. The average molecular weight is 390 g/mol. The van der Waals surface area contributed by atoms with Crippen LogP contribution in [0.2, 0.25) is 0 Å². The molecule has 0 radical (unpaired) electrons.